The summed E-state index contributed by atoms with van der Waals surface area (Å²) < 4.78 is 5.41. The van der Waals surface area contributed by atoms with Gasteiger partial charge in [-0.15, -0.1) is 0 Å². The average molecular weight is 316 g/mol. The van der Waals surface area contributed by atoms with Crippen LogP contribution >= 0.6 is 0 Å². The van der Waals surface area contributed by atoms with E-state index in [4.69, 9.17) is 4.74 Å². The summed E-state index contributed by atoms with van der Waals surface area (Å²) in [5.41, 5.74) is 2.37. The van der Waals surface area contributed by atoms with Crippen molar-refractivity contribution < 1.29 is 9.53 Å². The maximum absolute atomic E-state index is 12.5. The number of piperidine rings is 1. The predicted octanol–water partition coefficient (Wildman–Crippen LogP) is 2.11. The summed E-state index contributed by atoms with van der Waals surface area (Å²) in [5, 5.41) is 0. The van der Waals surface area contributed by atoms with Crippen molar-refractivity contribution in [3.63, 3.8) is 0 Å². The Morgan fingerprint density at radius 3 is 2.52 bits per heavy atom. The van der Waals surface area contributed by atoms with Crippen molar-refractivity contribution in [1.29, 1.82) is 0 Å². The summed E-state index contributed by atoms with van der Waals surface area (Å²) >= 11 is 0. The maximum atomic E-state index is 12.5. The fourth-order valence-electron chi connectivity index (χ4n) is 3.60. The van der Waals surface area contributed by atoms with E-state index < -0.39 is 0 Å². The average Bonchev–Trinajstić information content (AvgIpc) is 2.58. The summed E-state index contributed by atoms with van der Waals surface area (Å²) in [7, 11) is 0. The molecule has 2 heterocycles. The molecule has 1 aromatic rings. The summed E-state index contributed by atoms with van der Waals surface area (Å²) in [6.45, 7) is 8.94. The minimum absolute atomic E-state index is 0.282. The molecule has 3 rings (SSSR count). The van der Waals surface area contributed by atoms with Gasteiger partial charge in [-0.1, -0.05) is 24.3 Å². The lowest BCUT2D eigenvalue weighted by Crippen LogP contribution is -2.44. The molecule has 2 fully saturated rings. The number of hydrogen-bond acceptors (Lipinski definition) is 3. The lowest BCUT2D eigenvalue weighted by atomic mass is 9.95. The molecule has 1 amide bonds. The zero-order valence-corrected chi connectivity index (χ0v) is 14.2. The molecule has 2 aliphatic rings. The standard InChI is InChI=1S/C19H28N2O2/c1-16-4-2-3-5-18(16)14-19(22)21-8-6-17(7-9-21)15-20-10-12-23-13-11-20/h2-5,17H,6-15H2,1H3. The van der Waals surface area contributed by atoms with E-state index in [1.54, 1.807) is 0 Å². The molecule has 1 aromatic carbocycles. The van der Waals surface area contributed by atoms with Crippen LogP contribution in [-0.4, -0.2) is 61.6 Å². The van der Waals surface area contributed by atoms with Gasteiger partial charge in [0, 0.05) is 32.7 Å². The molecule has 0 bridgehead atoms. The number of carbonyl (C=O) groups is 1. The number of likely N-dealkylation sites (tertiary alicyclic amines) is 1. The van der Waals surface area contributed by atoms with Gasteiger partial charge in [0.1, 0.15) is 0 Å². The number of nitrogens with zero attached hydrogens (tertiary/aromatic N) is 2. The molecule has 0 spiro atoms. The van der Waals surface area contributed by atoms with Crippen molar-refractivity contribution in [1.82, 2.24) is 9.80 Å². The lowest BCUT2D eigenvalue weighted by molar-refractivity contribution is -0.132. The largest absolute Gasteiger partial charge is 0.379 e. The zero-order chi connectivity index (χ0) is 16.1. The molecule has 0 atom stereocenters. The number of ether oxygens (including phenoxy) is 1. The van der Waals surface area contributed by atoms with Crippen LogP contribution in [-0.2, 0) is 16.0 Å². The van der Waals surface area contributed by atoms with Crippen molar-refractivity contribution in [2.75, 3.05) is 45.9 Å². The Bertz CT molecular complexity index is 518. The molecule has 4 nitrogen and oxygen atoms in total. The van der Waals surface area contributed by atoms with E-state index in [0.717, 1.165) is 63.7 Å². The summed E-state index contributed by atoms with van der Waals surface area (Å²) in [6, 6.07) is 8.19. The molecule has 126 valence electrons. The third-order valence-corrected chi connectivity index (χ3v) is 5.19. The highest BCUT2D eigenvalue weighted by atomic mass is 16.5. The van der Waals surface area contributed by atoms with Gasteiger partial charge < -0.3 is 9.64 Å². The number of rotatable bonds is 4. The SMILES string of the molecule is Cc1ccccc1CC(=O)N1CCC(CN2CCOCC2)CC1. The van der Waals surface area contributed by atoms with E-state index in [1.807, 2.05) is 12.1 Å². The molecule has 2 saturated heterocycles. The number of benzene rings is 1. The second-order valence-corrected chi connectivity index (χ2v) is 6.84. The maximum Gasteiger partial charge on any atom is 0.226 e. The topological polar surface area (TPSA) is 32.8 Å². The highest BCUT2D eigenvalue weighted by Gasteiger charge is 2.25. The molecule has 0 radical (unpaired) electrons. The van der Waals surface area contributed by atoms with E-state index in [1.165, 1.54) is 12.1 Å². The van der Waals surface area contributed by atoms with Crippen LogP contribution in [0.5, 0.6) is 0 Å². The Kier molecular flexibility index (Phi) is 5.68. The molecule has 0 unspecified atom stereocenters. The summed E-state index contributed by atoms with van der Waals surface area (Å²) in [4.78, 5) is 17.1. The minimum atomic E-state index is 0.282. The number of amides is 1. The van der Waals surface area contributed by atoms with Gasteiger partial charge in [-0.3, -0.25) is 9.69 Å². The molecule has 0 N–H and O–H groups in total. The third kappa shape index (κ3) is 4.55. The highest BCUT2D eigenvalue weighted by Crippen LogP contribution is 2.20. The Labute approximate surface area is 139 Å². The van der Waals surface area contributed by atoms with E-state index in [0.29, 0.717) is 6.42 Å². The Morgan fingerprint density at radius 2 is 1.83 bits per heavy atom. The predicted molar refractivity (Wildman–Crippen MR) is 91.4 cm³/mol. The Balaban J connectivity index is 1.45. The van der Waals surface area contributed by atoms with Crippen molar-refractivity contribution in [3.05, 3.63) is 35.4 Å². The van der Waals surface area contributed by atoms with Crippen LogP contribution < -0.4 is 0 Å². The summed E-state index contributed by atoms with van der Waals surface area (Å²) in [6.07, 6.45) is 2.81. The summed E-state index contributed by atoms with van der Waals surface area (Å²) in [5.74, 6) is 1.01. The quantitative estimate of drug-likeness (QED) is 0.853. The van der Waals surface area contributed by atoms with Crippen molar-refractivity contribution in [2.24, 2.45) is 5.92 Å². The smallest absolute Gasteiger partial charge is 0.226 e. The van der Waals surface area contributed by atoms with Crippen LogP contribution in [0.15, 0.2) is 24.3 Å². The zero-order valence-electron chi connectivity index (χ0n) is 14.2. The van der Waals surface area contributed by atoms with Gasteiger partial charge in [0.15, 0.2) is 0 Å². The van der Waals surface area contributed by atoms with Gasteiger partial charge in [0.05, 0.1) is 19.6 Å². The van der Waals surface area contributed by atoms with Crippen molar-refractivity contribution >= 4 is 5.91 Å². The van der Waals surface area contributed by atoms with E-state index >= 15 is 0 Å². The van der Waals surface area contributed by atoms with Gasteiger partial charge in [0.25, 0.3) is 0 Å². The Morgan fingerprint density at radius 1 is 1.13 bits per heavy atom. The van der Waals surface area contributed by atoms with Crippen LogP contribution in [0.4, 0.5) is 0 Å². The fourth-order valence-corrected chi connectivity index (χ4v) is 3.60. The second kappa shape index (κ2) is 7.93. The van der Waals surface area contributed by atoms with E-state index in [-0.39, 0.29) is 5.91 Å². The molecule has 23 heavy (non-hydrogen) atoms. The van der Waals surface area contributed by atoms with Crippen LogP contribution in [0.25, 0.3) is 0 Å². The van der Waals surface area contributed by atoms with Gasteiger partial charge in [-0.2, -0.15) is 0 Å². The molecule has 0 aromatic heterocycles. The first kappa shape index (κ1) is 16.5. The van der Waals surface area contributed by atoms with E-state index in [9.17, 15) is 4.79 Å². The van der Waals surface area contributed by atoms with Gasteiger partial charge >= 0.3 is 0 Å². The number of carbonyl (C=O) groups excluding carboxylic acids is 1. The lowest BCUT2D eigenvalue weighted by Gasteiger charge is -2.36. The number of hydrogen-bond donors (Lipinski definition) is 0. The molecular formula is C19H28N2O2. The minimum Gasteiger partial charge on any atom is -0.379 e. The van der Waals surface area contributed by atoms with Crippen LogP contribution in [0.2, 0.25) is 0 Å². The fraction of sp³-hybridized carbons (Fsp3) is 0.632. The van der Waals surface area contributed by atoms with Crippen molar-refractivity contribution in [2.45, 2.75) is 26.2 Å². The van der Waals surface area contributed by atoms with Gasteiger partial charge in [-0.25, -0.2) is 0 Å². The first-order valence-corrected chi connectivity index (χ1v) is 8.85. The van der Waals surface area contributed by atoms with Gasteiger partial charge in [-0.05, 0) is 36.8 Å². The first-order valence-electron chi connectivity index (χ1n) is 8.85. The number of aryl methyl sites for hydroxylation is 1. The second-order valence-electron chi connectivity index (χ2n) is 6.84. The molecule has 0 saturated carbocycles. The molecule has 4 heteroatoms. The third-order valence-electron chi connectivity index (χ3n) is 5.19. The van der Waals surface area contributed by atoms with Gasteiger partial charge in [0.2, 0.25) is 5.91 Å². The monoisotopic (exact) mass is 316 g/mol. The first-order chi connectivity index (χ1) is 11.2. The Hall–Kier alpha value is -1.39. The molecular weight excluding hydrogens is 288 g/mol. The van der Waals surface area contributed by atoms with Crippen LogP contribution in [0.3, 0.4) is 0 Å². The van der Waals surface area contributed by atoms with Crippen LogP contribution in [0, 0.1) is 12.8 Å². The van der Waals surface area contributed by atoms with E-state index in [2.05, 4.69) is 28.9 Å². The van der Waals surface area contributed by atoms with Crippen molar-refractivity contribution in [3.8, 4) is 0 Å². The van der Waals surface area contributed by atoms with Crippen LogP contribution in [0.1, 0.15) is 24.0 Å². The number of morpholine rings is 1. The highest BCUT2D eigenvalue weighted by molar-refractivity contribution is 5.79. The normalized spacial score (nSPS) is 20.7. The molecule has 2 aliphatic heterocycles. The molecule has 0 aliphatic carbocycles.